The molecular weight excluding hydrogens is 491 g/mol. The van der Waals surface area contributed by atoms with Gasteiger partial charge in [0.05, 0.1) is 0 Å². The zero-order chi connectivity index (χ0) is 22.3. The van der Waals surface area contributed by atoms with Crippen molar-refractivity contribution in [2.75, 3.05) is 6.61 Å². The van der Waals surface area contributed by atoms with E-state index in [1.54, 1.807) is 11.8 Å². The fourth-order valence-corrected chi connectivity index (χ4v) is 8.58. The normalized spacial score (nSPS) is 35.5. The van der Waals surface area contributed by atoms with E-state index < -0.39 is 11.6 Å². The number of rotatable bonds is 5. The first-order valence-electron chi connectivity index (χ1n) is 11.1. The molecule has 0 aromatic heterocycles. The molecule has 0 unspecified atom stereocenters. The minimum atomic E-state index is -0.663. The quantitative estimate of drug-likeness (QED) is 0.555. The summed E-state index contributed by atoms with van der Waals surface area (Å²) in [5.41, 5.74) is -0.0753. The van der Waals surface area contributed by atoms with Crippen molar-refractivity contribution < 1.29 is 23.7 Å². The van der Waals surface area contributed by atoms with Gasteiger partial charge < -0.3 is 0 Å². The van der Waals surface area contributed by atoms with Crippen LogP contribution in [0.4, 0.5) is 0 Å². The summed E-state index contributed by atoms with van der Waals surface area (Å²) in [6, 6.07) is 21.1. The SMILES string of the molecule is CC1(C)O[C@@H]2[C@H](O1)[C@H]([Se]c1ccccc1)[C@@H](Sc1ccccc1)O[C@@H]2[C@H]1COC(C)(C)O1. The van der Waals surface area contributed by atoms with E-state index in [2.05, 4.69) is 54.6 Å². The monoisotopic (exact) mass is 522 g/mol. The van der Waals surface area contributed by atoms with E-state index in [0.29, 0.717) is 6.61 Å². The average Bonchev–Trinajstić information content (AvgIpc) is 3.29. The Labute approximate surface area is 200 Å². The number of ether oxygens (including phenoxy) is 5. The Morgan fingerprint density at radius 2 is 1.44 bits per heavy atom. The number of fused-ring (bicyclic) bond motifs is 1. The van der Waals surface area contributed by atoms with Gasteiger partial charge in [0.2, 0.25) is 0 Å². The van der Waals surface area contributed by atoms with Crippen molar-refractivity contribution >= 4 is 31.2 Å². The van der Waals surface area contributed by atoms with Crippen molar-refractivity contribution in [1.29, 1.82) is 0 Å². The zero-order valence-electron chi connectivity index (χ0n) is 18.8. The third-order valence-electron chi connectivity index (χ3n) is 5.78. The van der Waals surface area contributed by atoms with E-state index in [1.165, 1.54) is 9.36 Å². The summed E-state index contributed by atoms with van der Waals surface area (Å²) >= 11 is 1.92. The Morgan fingerprint density at radius 1 is 0.781 bits per heavy atom. The van der Waals surface area contributed by atoms with Crippen molar-refractivity contribution in [3.8, 4) is 0 Å². The molecule has 0 radical (unpaired) electrons. The Balaban J connectivity index is 1.47. The van der Waals surface area contributed by atoms with Crippen molar-refractivity contribution in [3.63, 3.8) is 0 Å². The van der Waals surface area contributed by atoms with Gasteiger partial charge in [-0.25, -0.2) is 0 Å². The molecule has 3 aliphatic heterocycles. The van der Waals surface area contributed by atoms with Gasteiger partial charge in [-0.1, -0.05) is 0 Å². The van der Waals surface area contributed by atoms with Gasteiger partial charge in [-0.3, -0.25) is 0 Å². The predicted octanol–water partition coefficient (Wildman–Crippen LogP) is 3.99. The summed E-state index contributed by atoms with van der Waals surface area (Å²) in [6.45, 7) is 8.36. The average molecular weight is 522 g/mol. The number of hydrogen-bond acceptors (Lipinski definition) is 6. The van der Waals surface area contributed by atoms with E-state index in [0.717, 1.165) is 0 Å². The second-order valence-corrected chi connectivity index (χ2v) is 13.0. The molecule has 5 rings (SSSR count). The van der Waals surface area contributed by atoms with Crippen LogP contribution < -0.4 is 4.46 Å². The Morgan fingerprint density at radius 3 is 2.09 bits per heavy atom. The molecule has 0 bridgehead atoms. The van der Waals surface area contributed by atoms with Crippen LogP contribution in [0.1, 0.15) is 27.7 Å². The van der Waals surface area contributed by atoms with Crippen LogP contribution in [0.3, 0.4) is 0 Å². The van der Waals surface area contributed by atoms with Crippen molar-refractivity contribution in [2.45, 2.75) is 78.8 Å². The predicted molar refractivity (Wildman–Crippen MR) is 125 cm³/mol. The van der Waals surface area contributed by atoms with Crippen LogP contribution >= 0.6 is 11.8 Å². The van der Waals surface area contributed by atoms with Crippen LogP contribution in [-0.2, 0) is 23.7 Å². The van der Waals surface area contributed by atoms with Gasteiger partial charge in [0.15, 0.2) is 0 Å². The molecule has 3 aliphatic rings. The van der Waals surface area contributed by atoms with E-state index in [-0.39, 0.29) is 49.6 Å². The van der Waals surface area contributed by atoms with Gasteiger partial charge in [0, 0.05) is 0 Å². The van der Waals surface area contributed by atoms with Crippen LogP contribution in [0.25, 0.3) is 0 Å². The first-order valence-corrected chi connectivity index (χ1v) is 13.8. The summed E-state index contributed by atoms with van der Waals surface area (Å²) in [6.07, 6.45) is -0.722. The van der Waals surface area contributed by atoms with Crippen LogP contribution in [0, 0.1) is 0 Å². The van der Waals surface area contributed by atoms with Gasteiger partial charge in [0.25, 0.3) is 0 Å². The zero-order valence-corrected chi connectivity index (χ0v) is 21.3. The summed E-state index contributed by atoms with van der Waals surface area (Å²) in [7, 11) is 0. The van der Waals surface area contributed by atoms with Crippen molar-refractivity contribution in [3.05, 3.63) is 60.7 Å². The topological polar surface area (TPSA) is 46.2 Å². The first kappa shape index (κ1) is 22.9. The first-order chi connectivity index (χ1) is 15.3. The second-order valence-electron chi connectivity index (χ2n) is 9.23. The fourth-order valence-electron chi connectivity index (χ4n) is 4.47. The molecule has 3 fully saturated rings. The van der Waals surface area contributed by atoms with Gasteiger partial charge in [0.1, 0.15) is 0 Å². The van der Waals surface area contributed by atoms with Crippen LogP contribution in [0.15, 0.2) is 65.6 Å². The molecule has 7 heteroatoms. The Kier molecular flexibility index (Phi) is 6.47. The molecule has 0 saturated carbocycles. The van der Waals surface area contributed by atoms with E-state index in [1.807, 2.05) is 33.8 Å². The number of benzene rings is 2. The molecule has 2 aromatic rings. The molecule has 6 atom stereocenters. The maximum atomic E-state index is 6.83. The van der Waals surface area contributed by atoms with E-state index >= 15 is 0 Å². The van der Waals surface area contributed by atoms with E-state index in [9.17, 15) is 0 Å². The van der Waals surface area contributed by atoms with Crippen LogP contribution in [-0.4, -0.2) is 63.0 Å². The molecule has 3 heterocycles. The third-order valence-corrected chi connectivity index (χ3v) is 10.1. The standard InChI is InChI=1S/C25H30O5SSe/c1-24(2)26-15-18(28-24)19-20-21(30-25(3,4)29-20)22(32-17-13-9-6-10-14-17)23(27-19)31-16-11-7-5-8-12-16/h5-14,18-23H,15H2,1-4H3/t18-,19-,20+,21+,22+,23-/m1/s1. The van der Waals surface area contributed by atoms with Crippen molar-refractivity contribution in [2.24, 2.45) is 0 Å². The molecule has 32 heavy (non-hydrogen) atoms. The summed E-state index contributed by atoms with van der Waals surface area (Å²) in [5, 5.41) is 0. The number of thioether (sulfide) groups is 1. The van der Waals surface area contributed by atoms with Crippen molar-refractivity contribution in [1.82, 2.24) is 0 Å². The maximum absolute atomic E-state index is 6.83. The molecule has 5 nitrogen and oxygen atoms in total. The Bertz CT molecular complexity index is 909. The molecular formula is C25H30O5SSe. The van der Waals surface area contributed by atoms with Gasteiger partial charge in [-0.05, 0) is 0 Å². The molecule has 0 N–H and O–H groups in total. The van der Waals surface area contributed by atoms with Crippen LogP contribution in [0.2, 0.25) is 4.82 Å². The van der Waals surface area contributed by atoms with Gasteiger partial charge in [-0.15, -0.1) is 0 Å². The molecule has 0 amide bonds. The van der Waals surface area contributed by atoms with Gasteiger partial charge in [-0.2, -0.15) is 0 Å². The summed E-state index contributed by atoms with van der Waals surface area (Å²) in [4.78, 5) is 1.37. The molecule has 0 spiro atoms. The van der Waals surface area contributed by atoms with E-state index in [4.69, 9.17) is 23.7 Å². The Hall–Kier alpha value is -0.891. The molecule has 3 saturated heterocycles. The second kappa shape index (κ2) is 9.05. The number of hydrogen-bond donors (Lipinski definition) is 0. The molecule has 2 aromatic carbocycles. The third kappa shape index (κ3) is 4.96. The summed E-state index contributed by atoms with van der Waals surface area (Å²) in [5.74, 6) is -1.28. The fraction of sp³-hybridized carbons (Fsp3) is 0.520. The minimum absolute atomic E-state index is 0.0718. The molecule has 0 aliphatic carbocycles. The molecule has 172 valence electrons. The summed E-state index contributed by atoms with van der Waals surface area (Å²) < 4.78 is 33.3. The van der Waals surface area contributed by atoms with Crippen LogP contribution in [0.5, 0.6) is 0 Å². The van der Waals surface area contributed by atoms with Gasteiger partial charge >= 0.3 is 201 Å².